The molecule has 0 amide bonds. The molecule has 1 aliphatic carbocycles. The molecule has 0 aliphatic heterocycles. The molecule has 2 nitrogen and oxygen atoms in total. The Morgan fingerprint density at radius 3 is 3.13 bits per heavy atom. The van der Waals surface area contributed by atoms with Gasteiger partial charge in [0.25, 0.3) is 0 Å². The van der Waals surface area contributed by atoms with Crippen molar-refractivity contribution in [3.63, 3.8) is 0 Å². The number of nitrogens with one attached hydrogen (secondary N) is 1. The minimum Gasteiger partial charge on any atom is -0.395 e. The van der Waals surface area contributed by atoms with Crippen LogP contribution in [0.3, 0.4) is 0 Å². The van der Waals surface area contributed by atoms with Crippen molar-refractivity contribution in [2.75, 3.05) is 6.61 Å². The lowest BCUT2D eigenvalue weighted by Gasteiger charge is -2.18. The van der Waals surface area contributed by atoms with Gasteiger partial charge >= 0.3 is 0 Å². The summed E-state index contributed by atoms with van der Waals surface area (Å²) in [5.41, 5.74) is 2.27. The highest BCUT2D eigenvalue weighted by Crippen LogP contribution is 2.31. The van der Waals surface area contributed by atoms with E-state index < -0.39 is 0 Å². The third-order valence-electron chi connectivity index (χ3n) is 2.94. The Hall–Kier alpha value is -0.930. The number of aliphatic hydroxyl groups excluding tert-OH is 1. The zero-order valence-electron chi connectivity index (χ0n) is 8.83. The normalized spacial score (nSPS) is 21.4. The molecule has 0 spiro atoms. The molecule has 0 saturated carbocycles. The Bertz CT molecular complexity index is 353. The molecule has 15 heavy (non-hydrogen) atoms. The summed E-state index contributed by atoms with van der Waals surface area (Å²) in [6.45, 7) is 2.08. The van der Waals surface area contributed by atoms with Crippen LogP contribution in [0.1, 0.15) is 30.5 Å². The first kappa shape index (κ1) is 10.6. The number of hydrogen-bond donors (Lipinski definition) is 2. The van der Waals surface area contributed by atoms with Crippen LogP contribution in [0.15, 0.2) is 18.2 Å². The van der Waals surface area contributed by atoms with Crippen molar-refractivity contribution in [2.24, 2.45) is 0 Å². The topological polar surface area (TPSA) is 32.3 Å². The minimum absolute atomic E-state index is 0.0889. The maximum absolute atomic E-state index is 13.0. The van der Waals surface area contributed by atoms with E-state index >= 15 is 0 Å². The predicted molar refractivity (Wildman–Crippen MR) is 57.1 cm³/mol. The van der Waals surface area contributed by atoms with Crippen LogP contribution >= 0.6 is 0 Å². The van der Waals surface area contributed by atoms with E-state index in [4.69, 9.17) is 5.11 Å². The van der Waals surface area contributed by atoms with E-state index in [1.165, 1.54) is 11.6 Å². The van der Waals surface area contributed by atoms with Gasteiger partial charge in [-0.15, -0.1) is 0 Å². The smallest absolute Gasteiger partial charge is 0.123 e. The first-order valence-electron chi connectivity index (χ1n) is 5.36. The second-order valence-electron chi connectivity index (χ2n) is 4.18. The van der Waals surface area contributed by atoms with Gasteiger partial charge in [-0.25, -0.2) is 4.39 Å². The zero-order chi connectivity index (χ0) is 10.8. The summed E-state index contributed by atoms with van der Waals surface area (Å²) in [4.78, 5) is 0. The van der Waals surface area contributed by atoms with Crippen LogP contribution in [-0.4, -0.2) is 17.8 Å². The van der Waals surface area contributed by atoms with E-state index in [0.29, 0.717) is 0 Å². The summed E-state index contributed by atoms with van der Waals surface area (Å²) in [5.74, 6) is -0.162. The average molecular weight is 209 g/mol. The maximum Gasteiger partial charge on any atom is 0.123 e. The van der Waals surface area contributed by atoms with E-state index in [2.05, 4.69) is 5.32 Å². The molecule has 1 aromatic carbocycles. The van der Waals surface area contributed by atoms with Crippen LogP contribution in [-0.2, 0) is 6.42 Å². The van der Waals surface area contributed by atoms with Crippen molar-refractivity contribution in [3.8, 4) is 0 Å². The SMILES string of the molecule is CC(CO)NC1CCc2cc(F)ccc21. The van der Waals surface area contributed by atoms with E-state index in [0.717, 1.165) is 18.4 Å². The van der Waals surface area contributed by atoms with E-state index in [-0.39, 0.29) is 24.5 Å². The molecule has 3 heteroatoms. The summed E-state index contributed by atoms with van der Waals surface area (Å²) in [6, 6.07) is 5.32. The molecule has 0 radical (unpaired) electrons. The highest BCUT2D eigenvalue weighted by atomic mass is 19.1. The molecule has 0 saturated heterocycles. The average Bonchev–Trinajstić information content (AvgIpc) is 2.60. The van der Waals surface area contributed by atoms with Crippen molar-refractivity contribution in [1.29, 1.82) is 0 Å². The van der Waals surface area contributed by atoms with Crippen molar-refractivity contribution in [3.05, 3.63) is 35.1 Å². The number of aryl methyl sites for hydroxylation is 1. The molecular formula is C12H16FNO. The quantitative estimate of drug-likeness (QED) is 0.795. The van der Waals surface area contributed by atoms with Crippen LogP contribution in [0.2, 0.25) is 0 Å². The van der Waals surface area contributed by atoms with E-state index in [1.807, 2.05) is 13.0 Å². The number of rotatable bonds is 3. The maximum atomic E-state index is 13.0. The molecule has 0 fully saturated rings. The summed E-state index contributed by atoms with van der Waals surface area (Å²) in [7, 11) is 0. The molecule has 0 bridgehead atoms. The molecular weight excluding hydrogens is 193 g/mol. The highest BCUT2D eigenvalue weighted by Gasteiger charge is 2.23. The summed E-state index contributed by atoms with van der Waals surface area (Å²) in [6.07, 6.45) is 1.91. The van der Waals surface area contributed by atoms with Gasteiger partial charge in [0.15, 0.2) is 0 Å². The summed E-state index contributed by atoms with van der Waals surface area (Å²) < 4.78 is 13.0. The van der Waals surface area contributed by atoms with Gasteiger partial charge in [-0.1, -0.05) is 6.07 Å². The largest absolute Gasteiger partial charge is 0.395 e. The van der Waals surface area contributed by atoms with Gasteiger partial charge < -0.3 is 10.4 Å². The van der Waals surface area contributed by atoms with Crippen molar-refractivity contribution in [2.45, 2.75) is 31.8 Å². The van der Waals surface area contributed by atoms with Gasteiger partial charge in [-0.2, -0.15) is 0 Å². The molecule has 1 aromatic rings. The van der Waals surface area contributed by atoms with Gasteiger partial charge in [0, 0.05) is 12.1 Å². The van der Waals surface area contributed by atoms with Crippen LogP contribution in [0, 0.1) is 5.82 Å². The van der Waals surface area contributed by atoms with E-state index in [1.54, 1.807) is 6.07 Å². The van der Waals surface area contributed by atoms with Gasteiger partial charge in [-0.3, -0.25) is 0 Å². The Balaban J connectivity index is 2.14. The molecule has 2 atom stereocenters. The zero-order valence-corrected chi connectivity index (χ0v) is 8.83. The molecule has 2 unspecified atom stereocenters. The van der Waals surface area contributed by atoms with Gasteiger partial charge in [-0.05, 0) is 43.0 Å². The minimum atomic E-state index is -0.162. The van der Waals surface area contributed by atoms with E-state index in [9.17, 15) is 4.39 Å². The first-order chi connectivity index (χ1) is 7.20. The van der Waals surface area contributed by atoms with Crippen molar-refractivity contribution >= 4 is 0 Å². The Morgan fingerprint density at radius 2 is 2.40 bits per heavy atom. The molecule has 0 heterocycles. The molecule has 0 aromatic heterocycles. The Labute approximate surface area is 89.1 Å². The fourth-order valence-electron chi connectivity index (χ4n) is 2.16. The number of fused-ring (bicyclic) bond motifs is 1. The first-order valence-corrected chi connectivity index (χ1v) is 5.36. The molecule has 1 aliphatic rings. The van der Waals surface area contributed by atoms with Gasteiger partial charge in [0.2, 0.25) is 0 Å². The third-order valence-corrected chi connectivity index (χ3v) is 2.94. The second kappa shape index (κ2) is 4.29. The number of halogens is 1. The van der Waals surface area contributed by atoms with Crippen LogP contribution in [0.4, 0.5) is 4.39 Å². The fourth-order valence-corrected chi connectivity index (χ4v) is 2.16. The van der Waals surface area contributed by atoms with Crippen LogP contribution in [0.25, 0.3) is 0 Å². The third kappa shape index (κ3) is 2.19. The Morgan fingerprint density at radius 1 is 1.60 bits per heavy atom. The van der Waals surface area contributed by atoms with Crippen molar-refractivity contribution in [1.82, 2.24) is 5.32 Å². The van der Waals surface area contributed by atoms with Crippen LogP contribution < -0.4 is 5.32 Å². The second-order valence-corrected chi connectivity index (χ2v) is 4.18. The standard InChI is InChI=1S/C12H16FNO/c1-8(7-15)14-12-5-2-9-6-10(13)3-4-11(9)12/h3-4,6,8,12,14-15H,2,5,7H2,1H3. The van der Waals surface area contributed by atoms with Gasteiger partial charge in [0.1, 0.15) is 5.82 Å². The van der Waals surface area contributed by atoms with Crippen molar-refractivity contribution < 1.29 is 9.50 Å². The number of aliphatic hydroxyl groups is 1. The summed E-state index contributed by atoms with van der Waals surface area (Å²) in [5, 5.41) is 12.3. The number of benzene rings is 1. The molecule has 2 N–H and O–H groups in total. The molecule has 82 valence electrons. The fraction of sp³-hybridized carbons (Fsp3) is 0.500. The Kier molecular flexibility index (Phi) is 3.03. The number of hydrogen-bond acceptors (Lipinski definition) is 2. The lowest BCUT2D eigenvalue weighted by atomic mass is 10.1. The predicted octanol–water partition coefficient (Wildman–Crippen LogP) is 1.78. The monoisotopic (exact) mass is 209 g/mol. The summed E-state index contributed by atoms with van der Waals surface area (Å²) >= 11 is 0. The molecule has 2 rings (SSSR count). The highest BCUT2D eigenvalue weighted by molar-refractivity contribution is 5.35. The van der Waals surface area contributed by atoms with Gasteiger partial charge in [0.05, 0.1) is 6.61 Å². The van der Waals surface area contributed by atoms with Crippen LogP contribution in [0.5, 0.6) is 0 Å². The lowest BCUT2D eigenvalue weighted by molar-refractivity contribution is 0.240. The lowest BCUT2D eigenvalue weighted by Crippen LogP contribution is -2.32.